The van der Waals surface area contributed by atoms with E-state index in [0.717, 1.165) is 23.3 Å². The van der Waals surface area contributed by atoms with Crippen molar-refractivity contribution in [2.75, 3.05) is 29.6 Å². The molecule has 14 heteroatoms. The highest BCUT2D eigenvalue weighted by Crippen LogP contribution is 2.27. The van der Waals surface area contributed by atoms with E-state index in [2.05, 4.69) is 4.99 Å². The van der Waals surface area contributed by atoms with E-state index in [-0.39, 0.29) is 23.6 Å². The fourth-order valence-electron chi connectivity index (χ4n) is 4.19. The van der Waals surface area contributed by atoms with Crippen LogP contribution in [0.25, 0.3) is 10.2 Å². The van der Waals surface area contributed by atoms with E-state index in [1.54, 1.807) is 19.1 Å². The molecule has 1 aliphatic rings. The Labute approximate surface area is 221 Å². The third-order valence-electron chi connectivity index (χ3n) is 5.79. The number of carbonyl (C=O) groups is 3. The molecule has 38 heavy (non-hydrogen) atoms. The van der Waals surface area contributed by atoms with Crippen LogP contribution in [-0.2, 0) is 41.9 Å². The van der Waals surface area contributed by atoms with E-state index in [9.17, 15) is 32.9 Å². The Bertz CT molecular complexity index is 1610. The van der Waals surface area contributed by atoms with Crippen LogP contribution in [0.3, 0.4) is 0 Å². The lowest BCUT2D eigenvalue weighted by molar-refractivity contribution is -0.384. The molecule has 1 aromatic heterocycles. The number of sulfone groups is 1. The number of nitro groups is 1. The zero-order valence-corrected chi connectivity index (χ0v) is 22.0. The van der Waals surface area contributed by atoms with Gasteiger partial charge in [-0.25, -0.2) is 8.42 Å². The molecule has 2 amide bonds. The second-order valence-corrected chi connectivity index (χ2v) is 11.6. The number of para-hydroxylation sites is 1. The van der Waals surface area contributed by atoms with Gasteiger partial charge in [0, 0.05) is 24.4 Å². The molecule has 2 aromatic carbocycles. The summed E-state index contributed by atoms with van der Waals surface area (Å²) in [5.41, 5.74) is 1.81. The number of amides is 2. The van der Waals surface area contributed by atoms with Gasteiger partial charge in [-0.15, -0.1) is 0 Å². The number of carbonyl (C=O) groups excluding carboxylic acids is 3. The summed E-state index contributed by atoms with van der Waals surface area (Å²) in [6, 6.07) is 11.2. The van der Waals surface area contributed by atoms with Crippen LogP contribution in [0.5, 0.6) is 0 Å². The molecule has 4 rings (SSSR count). The zero-order valence-electron chi connectivity index (χ0n) is 20.4. The second-order valence-electron chi connectivity index (χ2n) is 8.50. The number of nitro benzene ring substituents is 1. The number of non-ortho nitro benzene ring substituents is 1. The molecule has 0 saturated heterocycles. The number of thiazole rings is 1. The maximum atomic E-state index is 12.9. The van der Waals surface area contributed by atoms with Crippen LogP contribution in [0.4, 0.5) is 11.4 Å². The Kier molecular flexibility index (Phi) is 8.02. The molecular formula is C24H24N4O8S2. The average molecular weight is 561 g/mol. The second kappa shape index (κ2) is 11.2. The number of hydrogen-bond acceptors (Lipinski definition) is 9. The quantitative estimate of drug-likeness (QED) is 0.230. The van der Waals surface area contributed by atoms with Gasteiger partial charge in [0.05, 0.1) is 21.7 Å². The zero-order chi connectivity index (χ0) is 27.4. The first kappa shape index (κ1) is 27.1. The lowest BCUT2D eigenvalue weighted by atomic mass is 10.0. The molecule has 200 valence electrons. The third-order valence-corrected chi connectivity index (χ3v) is 8.20. The maximum absolute atomic E-state index is 12.9. The van der Waals surface area contributed by atoms with Crippen LogP contribution in [0, 0.1) is 10.1 Å². The summed E-state index contributed by atoms with van der Waals surface area (Å²) in [5.74, 6) is -4.15. The molecule has 0 fully saturated rings. The molecule has 0 spiro atoms. The molecule has 12 nitrogen and oxygen atoms in total. The predicted molar refractivity (Wildman–Crippen MR) is 139 cm³/mol. The van der Waals surface area contributed by atoms with E-state index < -0.39 is 44.0 Å². The van der Waals surface area contributed by atoms with Crippen LogP contribution in [-0.4, -0.2) is 60.3 Å². The van der Waals surface area contributed by atoms with Gasteiger partial charge in [-0.05, 0) is 37.5 Å². The van der Waals surface area contributed by atoms with Crippen molar-refractivity contribution in [3.63, 3.8) is 0 Å². The number of nitrogens with zero attached hydrogens (tertiary/aromatic N) is 4. The number of hydrogen-bond donors (Lipinski definition) is 0. The van der Waals surface area contributed by atoms with Crippen molar-refractivity contribution in [1.29, 1.82) is 0 Å². The first-order valence-corrected chi connectivity index (χ1v) is 14.3. The van der Waals surface area contributed by atoms with Crippen molar-refractivity contribution in [2.24, 2.45) is 4.99 Å². The number of esters is 1. The van der Waals surface area contributed by atoms with E-state index in [4.69, 9.17) is 4.74 Å². The number of aryl methyl sites for hydroxylation is 1. The maximum Gasteiger partial charge on any atom is 0.326 e. The van der Waals surface area contributed by atoms with Gasteiger partial charge in [0.25, 0.3) is 11.6 Å². The summed E-state index contributed by atoms with van der Waals surface area (Å²) in [5, 5.41) is 11.2. The van der Waals surface area contributed by atoms with Crippen molar-refractivity contribution in [1.82, 2.24) is 4.57 Å². The molecule has 0 saturated carbocycles. The number of rotatable bonds is 8. The van der Waals surface area contributed by atoms with Crippen LogP contribution in [0.15, 0.2) is 47.5 Å². The molecule has 0 aliphatic carbocycles. The molecule has 0 N–H and O–H groups in total. The molecular weight excluding hydrogens is 536 g/mol. The molecule has 2 heterocycles. The largest absolute Gasteiger partial charge is 0.465 e. The van der Waals surface area contributed by atoms with Crippen molar-refractivity contribution < 1.29 is 32.5 Å². The standard InChI is InChI=1S/C24H24N4O8S2/c1-2-36-23(31)13-27-19-10-9-17(28(32)33)12-20(19)37-24(27)25-21(29)14-38(34,35)15-22(30)26-11-5-7-16-6-3-4-8-18(16)26/h3-4,6,8-10,12H,2,5,7,11,13-15H2,1H3. The van der Waals surface area contributed by atoms with Crippen LogP contribution >= 0.6 is 11.3 Å². The Morgan fingerprint density at radius 3 is 2.66 bits per heavy atom. The summed E-state index contributed by atoms with van der Waals surface area (Å²) >= 11 is 0.892. The molecule has 0 radical (unpaired) electrons. The van der Waals surface area contributed by atoms with Crippen LogP contribution < -0.4 is 9.70 Å². The molecule has 0 unspecified atom stereocenters. The SMILES string of the molecule is CCOC(=O)Cn1c(=NC(=O)CS(=O)(=O)CC(=O)N2CCCc3ccccc32)sc2cc([N+](=O)[O-])ccc21. The number of aromatic nitrogens is 1. The highest BCUT2D eigenvalue weighted by molar-refractivity contribution is 7.92. The first-order valence-electron chi connectivity index (χ1n) is 11.7. The summed E-state index contributed by atoms with van der Waals surface area (Å²) < 4.78 is 32.2. The molecule has 0 bridgehead atoms. The number of benzene rings is 2. The van der Waals surface area contributed by atoms with Gasteiger partial charge in [0.15, 0.2) is 14.6 Å². The number of fused-ring (bicyclic) bond motifs is 2. The highest BCUT2D eigenvalue weighted by atomic mass is 32.2. The fourth-order valence-corrected chi connectivity index (χ4v) is 6.34. The molecule has 1 aliphatic heterocycles. The normalized spacial score (nSPS) is 13.8. The van der Waals surface area contributed by atoms with Gasteiger partial charge < -0.3 is 14.2 Å². The Balaban J connectivity index is 1.58. The fraction of sp³-hybridized carbons (Fsp3) is 0.333. The average Bonchev–Trinajstić information content (AvgIpc) is 3.18. The predicted octanol–water partition coefficient (Wildman–Crippen LogP) is 2.00. The minimum absolute atomic E-state index is 0.0231. The van der Waals surface area contributed by atoms with Gasteiger partial charge in [-0.2, -0.15) is 4.99 Å². The smallest absolute Gasteiger partial charge is 0.326 e. The lowest BCUT2D eigenvalue weighted by Gasteiger charge is -2.29. The topological polar surface area (TPSA) is 158 Å². The van der Waals surface area contributed by atoms with Crippen molar-refractivity contribution >= 4 is 60.5 Å². The van der Waals surface area contributed by atoms with Gasteiger partial charge in [0.1, 0.15) is 18.1 Å². The Morgan fingerprint density at radius 1 is 1.16 bits per heavy atom. The minimum atomic E-state index is -4.16. The van der Waals surface area contributed by atoms with Crippen molar-refractivity contribution in [2.45, 2.75) is 26.3 Å². The van der Waals surface area contributed by atoms with Gasteiger partial charge in [0.2, 0.25) is 5.91 Å². The summed E-state index contributed by atoms with van der Waals surface area (Å²) in [4.78, 5) is 53.6. The summed E-state index contributed by atoms with van der Waals surface area (Å²) in [7, 11) is -4.16. The minimum Gasteiger partial charge on any atom is -0.465 e. The van der Waals surface area contributed by atoms with Gasteiger partial charge >= 0.3 is 5.97 Å². The molecule has 0 atom stereocenters. The van der Waals surface area contributed by atoms with Gasteiger partial charge in [-0.3, -0.25) is 24.5 Å². The Morgan fingerprint density at radius 2 is 1.92 bits per heavy atom. The van der Waals surface area contributed by atoms with E-state index in [1.165, 1.54) is 27.7 Å². The number of anilines is 1. The van der Waals surface area contributed by atoms with E-state index >= 15 is 0 Å². The van der Waals surface area contributed by atoms with E-state index in [0.29, 0.717) is 28.9 Å². The van der Waals surface area contributed by atoms with E-state index in [1.807, 2.05) is 12.1 Å². The van der Waals surface area contributed by atoms with Crippen molar-refractivity contribution in [3.8, 4) is 0 Å². The summed E-state index contributed by atoms with van der Waals surface area (Å²) in [6.45, 7) is 1.79. The third kappa shape index (κ3) is 6.14. The highest BCUT2D eigenvalue weighted by Gasteiger charge is 2.28. The first-order chi connectivity index (χ1) is 18.1. The molecule has 3 aromatic rings. The van der Waals surface area contributed by atoms with Gasteiger partial charge in [-0.1, -0.05) is 29.5 Å². The number of ether oxygens (including phenoxy) is 1. The van der Waals surface area contributed by atoms with Crippen LogP contribution in [0.1, 0.15) is 18.9 Å². The monoisotopic (exact) mass is 560 g/mol. The Hall–Kier alpha value is -3.91. The van der Waals surface area contributed by atoms with Crippen LogP contribution in [0.2, 0.25) is 0 Å². The summed E-state index contributed by atoms with van der Waals surface area (Å²) in [6.07, 6.45) is 1.48. The van der Waals surface area contributed by atoms with Crippen molar-refractivity contribution in [3.05, 3.63) is 62.9 Å². The lowest BCUT2D eigenvalue weighted by Crippen LogP contribution is -2.40.